The number of aromatic nitrogens is 1. The molecule has 3 aromatic rings. The van der Waals surface area contributed by atoms with Crippen LogP contribution in [0.25, 0.3) is 10.9 Å². The van der Waals surface area contributed by atoms with Crippen LogP contribution in [0.2, 0.25) is 0 Å². The molecule has 2 aliphatic rings. The number of hydrogen-bond donors (Lipinski definition) is 0. The van der Waals surface area contributed by atoms with E-state index in [0.717, 1.165) is 19.1 Å². The van der Waals surface area contributed by atoms with Gasteiger partial charge in [-0.25, -0.2) is 0 Å². The summed E-state index contributed by atoms with van der Waals surface area (Å²) < 4.78 is 2.51. The third-order valence-electron chi connectivity index (χ3n) is 4.78. The zero-order valence-electron chi connectivity index (χ0n) is 11.2. The predicted octanol–water partition coefficient (Wildman–Crippen LogP) is 3.58. The highest BCUT2D eigenvalue weighted by Crippen LogP contribution is 2.51. The molecule has 0 spiro atoms. The zero-order valence-corrected chi connectivity index (χ0v) is 11.2. The van der Waals surface area contributed by atoms with Crippen LogP contribution in [0, 0.1) is 0 Å². The van der Waals surface area contributed by atoms with Gasteiger partial charge in [-0.15, -0.1) is 0 Å². The van der Waals surface area contributed by atoms with Crippen molar-refractivity contribution in [3.63, 3.8) is 0 Å². The van der Waals surface area contributed by atoms with Crippen molar-refractivity contribution in [2.24, 2.45) is 0 Å². The number of nitrogens with zero attached hydrogens (tertiary/aromatic N) is 2. The minimum absolute atomic E-state index is 0.641. The lowest BCUT2D eigenvalue weighted by Crippen LogP contribution is -2.11. The molecule has 2 heteroatoms. The first kappa shape index (κ1) is 10.7. The largest absolute Gasteiger partial charge is 0.341 e. The van der Waals surface area contributed by atoms with E-state index in [1.54, 1.807) is 0 Å². The molecule has 1 saturated heterocycles. The number of para-hydroxylation sites is 1. The van der Waals surface area contributed by atoms with Gasteiger partial charge in [0.2, 0.25) is 0 Å². The molecule has 20 heavy (non-hydrogen) atoms. The fourth-order valence-corrected chi connectivity index (χ4v) is 3.78. The average Bonchev–Trinajstić information content (AvgIpc) is 2.85. The Morgan fingerprint density at radius 3 is 2.65 bits per heavy atom. The normalized spacial score (nSPS) is 26.5. The molecule has 1 fully saturated rings. The number of rotatable bonds is 2. The fourth-order valence-electron chi connectivity index (χ4n) is 3.78. The fraction of sp³-hybridized carbons (Fsp3) is 0.222. The highest BCUT2D eigenvalue weighted by atomic mass is 15.4. The Hall–Kier alpha value is -2.06. The second-order valence-corrected chi connectivity index (χ2v) is 5.91. The second kappa shape index (κ2) is 3.74. The lowest BCUT2D eigenvalue weighted by atomic mass is 10.2. The van der Waals surface area contributed by atoms with Gasteiger partial charge >= 0.3 is 0 Å². The van der Waals surface area contributed by atoms with Gasteiger partial charge in [-0.3, -0.25) is 4.90 Å². The number of hydrogen-bond acceptors (Lipinski definition) is 1. The van der Waals surface area contributed by atoms with E-state index in [4.69, 9.17) is 0 Å². The van der Waals surface area contributed by atoms with E-state index >= 15 is 0 Å². The molecule has 0 radical (unpaired) electrons. The molecule has 1 unspecified atom stereocenters. The Bertz CT molecular complexity index is 788. The van der Waals surface area contributed by atoms with Crippen molar-refractivity contribution in [2.75, 3.05) is 0 Å². The van der Waals surface area contributed by atoms with Gasteiger partial charge in [0.15, 0.2) is 0 Å². The highest BCUT2D eigenvalue weighted by Gasteiger charge is 2.54. The average molecular weight is 260 g/mol. The molecule has 0 N–H and O–H groups in total. The number of fused-ring (bicyclic) bond motifs is 5. The summed E-state index contributed by atoms with van der Waals surface area (Å²) in [5, 5.41) is 1.38. The Kier molecular flexibility index (Phi) is 2.00. The summed E-state index contributed by atoms with van der Waals surface area (Å²) in [7, 11) is 0. The van der Waals surface area contributed by atoms with Gasteiger partial charge in [0, 0.05) is 30.3 Å². The summed E-state index contributed by atoms with van der Waals surface area (Å²) in [5.74, 6) is 0. The van der Waals surface area contributed by atoms with Crippen molar-refractivity contribution in [2.45, 2.75) is 25.2 Å². The molecule has 0 aliphatic carbocycles. The maximum Gasteiger partial charge on any atom is 0.0682 e. The molecule has 3 heterocycles. The van der Waals surface area contributed by atoms with Gasteiger partial charge in [0.25, 0.3) is 0 Å². The van der Waals surface area contributed by atoms with Crippen LogP contribution < -0.4 is 0 Å². The Balaban J connectivity index is 1.48. The standard InChI is InChI=1S/C18H16N2/c1-2-6-13(7-3-1)11-20-17-12-19-15-9-5-4-8-14(15)10-16(19)18(17)20/h1-10,17-18H,11-12H2/t17-,18+,20?/m0/s1. The highest BCUT2D eigenvalue weighted by molar-refractivity contribution is 5.82. The van der Waals surface area contributed by atoms with Crippen molar-refractivity contribution in [1.82, 2.24) is 9.47 Å². The smallest absolute Gasteiger partial charge is 0.0682 e. The summed E-state index contributed by atoms with van der Waals surface area (Å²) in [6, 6.07) is 23.3. The van der Waals surface area contributed by atoms with Crippen LogP contribution in [0.1, 0.15) is 17.3 Å². The minimum atomic E-state index is 0.641. The van der Waals surface area contributed by atoms with Crippen LogP contribution in [0.15, 0.2) is 60.7 Å². The van der Waals surface area contributed by atoms with Crippen molar-refractivity contribution < 1.29 is 0 Å². The van der Waals surface area contributed by atoms with Crippen molar-refractivity contribution >= 4 is 10.9 Å². The zero-order chi connectivity index (χ0) is 13.1. The Morgan fingerprint density at radius 2 is 1.75 bits per heavy atom. The van der Waals surface area contributed by atoms with E-state index in [0.29, 0.717) is 6.04 Å². The van der Waals surface area contributed by atoms with Gasteiger partial charge in [0.1, 0.15) is 0 Å². The first-order valence-electron chi connectivity index (χ1n) is 7.30. The molecule has 0 bridgehead atoms. The summed E-state index contributed by atoms with van der Waals surface area (Å²) >= 11 is 0. The molecule has 98 valence electrons. The van der Waals surface area contributed by atoms with E-state index in [9.17, 15) is 0 Å². The van der Waals surface area contributed by atoms with Gasteiger partial charge in [-0.2, -0.15) is 0 Å². The maximum atomic E-state index is 2.61. The first-order chi connectivity index (χ1) is 9.92. The quantitative estimate of drug-likeness (QED) is 0.639. The Labute approximate surface area is 118 Å². The first-order valence-corrected chi connectivity index (χ1v) is 7.30. The summed E-state index contributed by atoms with van der Waals surface area (Å²) in [4.78, 5) is 2.61. The topological polar surface area (TPSA) is 7.94 Å². The molecule has 2 aliphatic heterocycles. The monoisotopic (exact) mass is 260 g/mol. The molecule has 1 aromatic heterocycles. The summed E-state index contributed by atoms with van der Waals surface area (Å²) in [5.41, 5.74) is 4.33. The third kappa shape index (κ3) is 1.37. The van der Waals surface area contributed by atoms with Crippen LogP contribution in [0.4, 0.5) is 0 Å². The van der Waals surface area contributed by atoms with E-state index in [-0.39, 0.29) is 0 Å². The van der Waals surface area contributed by atoms with Crippen molar-refractivity contribution in [3.8, 4) is 0 Å². The molecule has 3 atom stereocenters. The number of benzene rings is 2. The van der Waals surface area contributed by atoms with E-state index in [1.807, 2.05) is 0 Å². The molecular formula is C18H16N2. The van der Waals surface area contributed by atoms with Gasteiger partial charge < -0.3 is 4.57 Å². The van der Waals surface area contributed by atoms with Crippen LogP contribution in [0.3, 0.4) is 0 Å². The molecule has 2 aromatic carbocycles. The van der Waals surface area contributed by atoms with Gasteiger partial charge in [0.05, 0.1) is 6.04 Å². The minimum Gasteiger partial charge on any atom is -0.341 e. The van der Waals surface area contributed by atoms with Crippen molar-refractivity contribution in [3.05, 3.63) is 71.9 Å². The second-order valence-electron chi connectivity index (χ2n) is 5.91. The van der Waals surface area contributed by atoms with Gasteiger partial charge in [-0.1, -0.05) is 48.5 Å². The summed E-state index contributed by atoms with van der Waals surface area (Å²) in [6.07, 6.45) is 0. The summed E-state index contributed by atoms with van der Waals surface area (Å²) in [6.45, 7) is 2.23. The van der Waals surface area contributed by atoms with E-state index < -0.39 is 0 Å². The SMILES string of the molecule is c1ccc(CN2[C@@H]3c4cc5ccccc5n4C[C@@H]32)cc1. The third-order valence-corrected chi connectivity index (χ3v) is 4.78. The van der Waals surface area contributed by atoms with E-state index in [1.165, 1.54) is 22.2 Å². The van der Waals surface area contributed by atoms with Crippen LogP contribution in [-0.4, -0.2) is 15.5 Å². The van der Waals surface area contributed by atoms with Crippen LogP contribution in [-0.2, 0) is 13.1 Å². The van der Waals surface area contributed by atoms with Gasteiger partial charge in [-0.05, 0) is 23.1 Å². The predicted molar refractivity (Wildman–Crippen MR) is 80.5 cm³/mol. The lowest BCUT2D eigenvalue weighted by Gasteiger charge is -2.11. The van der Waals surface area contributed by atoms with Crippen molar-refractivity contribution in [1.29, 1.82) is 0 Å². The Morgan fingerprint density at radius 1 is 0.950 bits per heavy atom. The van der Waals surface area contributed by atoms with Crippen LogP contribution in [0.5, 0.6) is 0 Å². The molecule has 0 amide bonds. The molecular weight excluding hydrogens is 244 g/mol. The molecule has 2 nitrogen and oxygen atoms in total. The maximum absolute atomic E-state index is 2.61. The van der Waals surface area contributed by atoms with Crippen LogP contribution >= 0.6 is 0 Å². The molecule has 5 rings (SSSR count). The van der Waals surface area contributed by atoms with E-state index in [2.05, 4.69) is 70.1 Å². The molecule has 0 saturated carbocycles. The lowest BCUT2D eigenvalue weighted by molar-refractivity contribution is 0.429.